The van der Waals surface area contributed by atoms with Crippen LogP contribution in [0.4, 0.5) is 13.6 Å². The number of carbonyl (C=O) groups is 3. The van der Waals surface area contributed by atoms with Crippen LogP contribution in [-0.4, -0.2) is 51.3 Å². The molecule has 0 bridgehead atoms. The van der Waals surface area contributed by atoms with Crippen LogP contribution in [0, 0.1) is 17.6 Å². The number of hydrogen-bond acceptors (Lipinski definition) is 7. The maximum absolute atomic E-state index is 13.2. The largest absolute Gasteiger partial charge is 0.416 e. The maximum atomic E-state index is 13.2. The van der Waals surface area contributed by atoms with Crippen LogP contribution in [0.3, 0.4) is 0 Å². The molecule has 28 heavy (non-hydrogen) atoms. The molecule has 0 fully saturated rings. The van der Waals surface area contributed by atoms with Crippen molar-refractivity contribution in [2.75, 3.05) is 12.8 Å². The van der Waals surface area contributed by atoms with Gasteiger partial charge >= 0.3 is 6.03 Å². The van der Waals surface area contributed by atoms with Gasteiger partial charge in [0, 0.05) is 24.7 Å². The Hall–Kier alpha value is -2.95. The first-order chi connectivity index (χ1) is 13.3. The highest BCUT2D eigenvalue weighted by molar-refractivity contribution is 7.99. The smallest absolute Gasteiger partial charge is 0.349 e. The monoisotopic (exact) mass is 408 g/mol. The lowest BCUT2D eigenvalue weighted by Gasteiger charge is -2.24. The lowest BCUT2D eigenvalue weighted by Crippen LogP contribution is -2.44. The Bertz CT molecular complexity index is 991. The summed E-state index contributed by atoms with van der Waals surface area (Å²) in [6, 6.07) is 2.27. The average molecular weight is 408 g/mol. The molecule has 2 heterocycles. The van der Waals surface area contributed by atoms with Crippen molar-refractivity contribution in [1.29, 1.82) is 0 Å². The molecule has 0 saturated heterocycles. The van der Waals surface area contributed by atoms with E-state index in [0.717, 1.165) is 28.8 Å². The van der Waals surface area contributed by atoms with E-state index in [0.29, 0.717) is 5.71 Å². The van der Waals surface area contributed by atoms with Crippen LogP contribution in [0.15, 0.2) is 32.8 Å². The van der Waals surface area contributed by atoms with Gasteiger partial charge in [-0.3, -0.25) is 14.5 Å². The number of halogens is 2. The molecule has 2 aromatic rings. The first-order valence-electron chi connectivity index (χ1n) is 8.06. The summed E-state index contributed by atoms with van der Waals surface area (Å²) in [6.45, 7) is 1.57. The minimum Gasteiger partial charge on any atom is -0.416 e. The Morgan fingerprint density at radius 3 is 2.71 bits per heavy atom. The topological polar surface area (TPSA) is 106 Å². The van der Waals surface area contributed by atoms with E-state index < -0.39 is 35.3 Å². The van der Waals surface area contributed by atoms with Crippen LogP contribution < -0.4 is 0 Å². The number of imide groups is 1. The first-order valence-corrected chi connectivity index (χ1v) is 9.05. The fourth-order valence-corrected chi connectivity index (χ4v) is 3.15. The van der Waals surface area contributed by atoms with E-state index in [4.69, 9.17) is 4.42 Å². The lowest BCUT2D eigenvalue weighted by atomic mass is 9.97. The molecule has 0 saturated carbocycles. The molecule has 146 valence electrons. The van der Waals surface area contributed by atoms with Crippen molar-refractivity contribution >= 4 is 35.2 Å². The standard InChI is InChI=1S/C17H14F2N4O4S/c1-8-10(15(25)23(2)16(26)20-8)6-14-21-22-17(27-14)28-7-13(24)9-3-4-11(18)12(19)5-9/h3-5,10H,6-7H2,1-2H3. The summed E-state index contributed by atoms with van der Waals surface area (Å²) >= 11 is 0.933. The maximum Gasteiger partial charge on any atom is 0.349 e. The van der Waals surface area contributed by atoms with Gasteiger partial charge in [-0.2, -0.15) is 0 Å². The molecule has 1 aromatic carbocycles. The van der Waals surface area contributed by atoms with Gasteiger partial charge in [-0.1, -0.05) is 11.8 Å². The van der Waals surface area contributed by atoms with E-state index in [-0.39, 0.29) is 28.9 Å². The lowest BCUT2D eigenvalue weighted by molar-refractivity contribution is -0.129. The summed E-state index contributed by atoms with van der Waals surface area (Å²) in [4.78, 5) is 40.5. The summed E-state index contributed by atoms with van der Waals surface area (Å²) in [7, 11) is 1.34. The number of ketones is 1. The Morgan fingerprint density at radius 1 is 1.25 bits per heavy atom. The third-order valence-corrected chi connectivity index (χ3v) is 4.91. The molecule has 3 amide bonds. The highest BCUT2D eigenvalue weighted by atomic mass is 32.2. The van der Waals surface area contributed by atoms with E-state index in [2.05, 4.69) is 15.2 Å². The number of nitrogens with zero attached hydrogens (tertiary/aromatic N) is 4. The number of hydrogen-bond donors (Lipinski definition) is 0. The normalized spacial score (nSPS) is 17.1. The Labute approximate surface area is 162 Å². The average Bonchev–Trinajstić information content (AvgIpc) is 3.11. The number of urea groups is 1. The summed E-state index contributed by atoms with van der Waals surface area (Å²) in [5, 5.41) is 7.71. The Kier molecular flexibility index (Phi) is 5.63. The van der Waals surface area contributed by atoms with Crippen LogP contribution in [0.2, 0.25) is 0 Å². The molecule has 11 heteroatoms. The molecule has 0 radical (unpaired) electrons. The molecular formula is C17H14F2N4O4S. The van der Waals surface area contributed by atoms with Gasteiger partial charge in [0.25, 0.3) is 5.22 Å². The fourth-order valence-electron chi connectivity index (χ4n) is 2.48. The van der Waals surface area contributed by atoms with Crippen LogP contribution in [0.1, 0.15) is 23.2 Å². The van der Waals surface area contributed by atoms with Crippen LogP contribution in [0.25, 0.3) is 0 Å². The zero-order valence-corrected chi connectivity index (χ0v) is 15.6. The van der Waals surface area contributed by atoms with Gasteiger partial charge in [-0.15, -0.1) is 10.2 Å². The second-order valence-corrected chi connectivity index (χ2v) is 6.92. The molecule has 1 aliphatic rings. The molecule has 1 atom stereocenters. The van der Waals surface area contributed by atoms with Gasteiger partial charge in [-0.05, 0) is 25.1 Å². The number of carbonyl (C=O) groups excluding carboxylic acids is 3. The van der Waals surface area contributed by atoms with E-state index in [9.17, 15) is 23.2 Å². The van der Waals surface area contributed by atoms with Crippen molar-refractivity contribution in [1.82, 2.24) is 15.1 Å². The fraction of sp³-hybridized carbons (Fsp3) is 0.294. The molecule has 1 unspecified atom stereocenters. The third kappa shape index (κ3) is 4.14. The van der Waals surface area contributed by atoms with E-state index >= 15 is 0 Å². The van der Waals surface area contributed by atoms with Crippen molar-refractivity contribution < 1.29 is 27.6 Å². The Morgan fingerprint density at radius 2 is 2.00 bits per heavy atom. The summed E-state index contributed by atoms with van der Waals surface area (Å²) in [6.07, 6.45) is 0.0659. The Balaban J connectivity index is 1.62. The number of Topliss-reactive ketones (excluding diaryl/α,β-unsaturated/α-hetero) is 1. The molecule has 8 nitrogen and oxygen atoms in total. The van der Waals surface area contributed by atoms with Crippen molar-refractivity contribution in [3.8, 4) is 0 Å². The number of thioether (sulfide) groups is 1. The molecule has 1 aliphatic heterocycles. The second kappa shape index (κ2) is 7.97. The number of aliphatic imine (C=N–C) groups is 1. The van der Waals surface area contributed by atoms with Crippen LogP contribution >= 0.6 is 11.8 Å². The van der Waals surface area contributed by atoms with Crippen molar-refractivity contribution in [2.45, 2.75) is 18.6 Å². The molecule has 3 rings (SSSR count). The van der Waals surface area contributed by atoms with Gasteiger partial charge in [0.1, 0.15) is 0 Å². The molecule has 0 N–H and O–H groups in total. The number of aromatic nitrogens is 2. The number of amides is 3. The summed E-state index contributed by atoms with van der Waals surface area (Å²) in [5.74, 6) is -3.65. The molecule has 0 spiro atoms. The van der Waals surface area contributed by atoms with E-state index in [1.54, 1.807) is 6.92 Å². The zero-order chi connectivity index (χ0) is 20.4. The predicted molar refractivity (Wildman–Crippen MR) is 94.2 cm³/mol. The second-order valence-electron chi connectivity index (χ2n) is 5.99. The highest BCUT2D eigenvalue weighted by Crippen LogP contribution is 2.22. The third-order valence-electron chi connectivity index (χ3n) is 4.09. The number of rotatable bonds is 6. The molecule has 1 aromatic heterocycles. The highest BCUT2D eigenvalue weighted by Gasteiger charge is 2.34. The summed E-state index contributed by atoms with van der Waals surface area (Å²) in [5.41, 5.74) is 0.382. The van der Waals surface area contributed by atoms with Crippen LogP contribution in [-0.2, 0) is 11.2 Å². The van der Waals surface area contributed by atoms with Gasteiger partial charge in [0.15, 0.2) is 17.4 Å². The van der Waals surface area contributed by atoms with Gasteiger partial charge in [0.05, 0.1) is 11.7 Å². The van der Waals surface area contributed by atoms with Crippen molar-refractivity contribution in [3.05, 3.63) is 41.3 Å². The SMILES string of the molecule is CC1=NC(=O)N(C)C(=O)C1Cc1nnc(SCC(=O)c2ccc(F)c(F)c2)o1. The zero-order valence-electron chi connectivity index (χ0n) is 14.8. The van der Waals surface area contributed by atoms with E-state index in [1.807, 2.05) is 0 Å². The number of benzene rings is 1. The first kappa shape index (κ1) is 19.8. The molecular weight excluding hydrogens is 394 g/mol. The minimum absolute atomic E-state index is 0.0264. The minimum atomic E-state index is -1.10. The molecule has 0 aliphatic carbocycles. The predicted octanol–water partition coefficient (Wildman–Crippen LogP) is 2.53. The van der Waals surface area contributed by atoms with Crippen molar-refractivity contribution in [2.24, 2.45) is 10.9 Å². The quantitative estimate of drug-likeness (QED) is 0.534. The van der Waals surface area contributed by atoms with Crippen LogP contribution in [0.5, 0.6) is 0 Å². The summed E-state index contributed by atoms with van der Waals surface area (Å²) < 4.78 is 31.6. The van der Waals surface area contributed by atoms with Gasteiger partial charge in [-0.25, -0.2) is 18.6 Å². The van der Waals surface area contributed by atoms with Gasteiger partial charge in [0.2, 0.25) is 11.8 Å². The van der Waals surface area contributed by atoms with Crippen molar-refractivity contribution in [3.63, 3.8) is 0 Å². The van der Waals surface area contributed by atoms with Gasteiger partial charge < -0.3 is 4.42 Å². The van der Waals surface area contributed by atoms with E-state index in [1.165, 1.54) is 13.1 Å².